The summed E-state index contributed by atoms with van der Waals surface area (Å²) in [4.78, 5) is 17.6. The Morgan fingerprint density at radius 1 is 1.21 bits per heavy atom. The summed E-state index contributed by atoms with van der Waals surface area (Å²) in [6, 6.07) is 11.6. The second-order valence-electron chi connectivity index (χ2n) is 8.12. The molecule has 0 saturated heterocycles. The van der Waals surface area contributed by atoms with Gasteiger partial charge in [0.05, 0.1) is 36.7 Å². The Morgan fingerprint density at radius 2 is 2.06 bits per heavy atom. The van der Waals surface area contributed by atoms with Crippen molar-refractivity contribution in [1.82, 2.24) is 14.8 Å². The molecular weight excluding hydrogens is 452 g/mol. The molecule has 0 fully saturated rings. The van der Waals surface area contributed by atoms with Gasteiger partial charge in [-0.15, -0.1) is 0 Å². The van der Waals surface area contributed by atoms with E-state index in [1.165, 1.54) is 11.3 Å². The third-order valence-electron chi connectivity index (χ3n) is 5.92. The van der Waals surface area contributed by atoms with Gasteiger partial charge in [-0.25, -0.2) is 4.98 Å². The number of anilines is 1. The Labute approximate surface area is 201 Å². The third kappa shape index (κ3) is 3.75. The number of benzene rings is 2. The van der Waals surface area contributed by atoms with Gasteiger partial charge in [0.2, 0.25) is 11.0 Å². The number of aromatic nitrogens is 3. The zero-order valence-electron chi connectivity index (χ0n) is 19.5. The number of nitrogens with one attached hydrogen (secondary N) is 1. The highest BCUT2D eigenvalue weighted by molar-refractivity contribution is 7.20. The lowest BCUT2D eigenvalue weighted by Crippen LogP contribution is -2.25. The van der Waals surface area contributed by atoms with Crippen LogP contribution in [0.1, 0.15) is 42.5 Å². The van der Waals surface area contributed by atoms with Gasteiger partial charge in [-0.2, -0.15) is 9.78 Å². The maximum Gasteiger partial charge on any atom is 0.226 e. The van der Waals surface area contributed by atoms with E-state index in [0.717, 1.165) is 39.2 Å². The Hall–Kier alpha value is -3.59. The van der Waals surface area contributed by atoms with Gasteiger partial charge >= 0.3 is 0 Å². The van der Waals surface area contributed by atoms with E-state index < -0.39 is 0 Å². The molecule has 0 radical (unpaired) electrons. The van der Waals surface area contributed by atoms with Crippen LogP contribution in [0.2, 0.25) is 0 Å². The minimum absolute atomic E-state index is 0.0781. The summed E-state index contributed by atoms with van der Waals surface area (Å²) in [5, 5.41) is 8.51. The number of methoxy groups -OCH3 is 2. The number of hydrogen-bond donors (Lipinski definition) is 1. The number of amides is 1. The topological polar surface area (TPSA) is 87.5 Å². The number of carbonyl (C=O) groups excluding carboxylic acids is 1. The van der Waals surface area contributed by atoms with Crippen LogP contribution in [0, 0.1) is 6.92 Å². The number of ether oxygens (including phenoxy) is 3. The molecule has 0 spiro atoms. The van der Waals surface area contributed by atoms with Crippen molar-refractivity contribution in [1.29, 1.82) is 0 Å². The molecule has 176 valence electrons. The van der Waals surface area contributed by atoms with E-state index in [1.54, 1.807) is 18.9 Å². The number of aryl methyl sites for hydroxylation is 1. The molecule has 2 aromatic carbocycles. The van der Waals surface area contributed by atoms with Crippen molar-refractivity contribution >= 4 is 33.3 Å². The maximum absolute atomic E-state index is 12.9. The quantitative estimate of drug-likeness (QED) is 0.399. The van der Waals surface area contributed by atoms with Crippen LogP contribution in [-0.4, -0.2) is 41.5 Å². The highest BCUT2D eigenvalue weighted by Gasteiger charge is 2.35. The summed E-state index contributed by atoms with van der Waals surface area (Å²) in [7, 11) is 3.27. The summed E-state index contributed by atoms with van der Waals surface area (Å²) >= 11 is 1.50. The van der Waals surface area contributed by atoms with Gasteiger partial charge in [0, 0.05) is 23.5 Å². The van der Waals surface area contributed by atoms with Crippen LogP contribution in [0.3, 0.4) is 0 Å². The van der Waals surface area contributed by atoms with Crippen molar-refractivity contribution in [2.75, 3.05) is 26.1 Å². The number of fused-ring (bicyclic) bond motifs is 2. The molecule has 1 N–H and O–H groups in total. The molecular formula is C25H26N4O4S. The average Bonchev–Trinajstić information content (AvgIpc) is 3.42. The van der Waals surface area contributed by atoms with Crippen molar-refractivity contribution in [2.24, 2.45) is 0 Å². The molecule has 1 atom stereocenters. The van der Waals surface area contributed by atoms with Crippen LogP contribution in [0.15, 0.2) is 36.4 Å². The van der Waals surface area contributed by atoms with Crippen LogP contribution in [-0.2, 0) is 4.79 Å². The van der Waals surface area contributed by atoms with E-state index in [4.69, 9.17) is 24.3 Å². The molecule has 1 aliphatic rings. The van der Waals surface area contributed by atoms with E-state index in [-0.39, 0.29) is 11.8 Å². The molecule has 8 nitrogen and oxygen atoms in total. The van der Waals surface area contributed by atoms with Gasteiger partial charge < -0.3 is 19.5 Å². The van der Waals surface area contributed by atoms with Crippen molar-refractivity contribution in [2.45, 2.75) is 32.6 Å². The lowest BCUT2D eigenvalue weighted by Gasteiger charge is -2.26. The molecule has 0 saturated carbocycles. The highest BCUT2D eigenvalue weighted by atomic mass is 32.1. The molecule has 34 heavy (non-hydrogen) atoms. The Balaban J connectivity index is 1.64. The minimum atomic E-state index is -0.214. The SMILES string of the molecule is CCCOc1c(OC)cccc1C1CC(=O)Nc2c1c(C)nn2-c1nc2ccc(OC)cc2s1. The molecule has 2 aromatic heterocycles. The van der Waals surface area contributed by atoms with E-state index in [9.17, 15) is 4.79 Å². The van der Waals surface area contributed by atoms with Gasteiger partial charge in [0.1, 0.15) is 11.6 Å². The van der Waals surface area contributed by atoms with Crippen LogP contribution >= 0.6 is 11.3 Å². The Morgan fingerprint density at radius 3 is 2.82 bits per heavy atom. The number of rotatable bonds is 7. The summed E-state index contributed by atoms with van der Waals surface area (Å²) in [6.07, 6.45) is 1.17. The molecule has 9 heteroatoms. The first-order chi connectivity index (χ1) is 16.5. The number of para-hydroxylation sites is 1. The Bertz CT molecular complexity index is 1380. The first kappa shape index (κ1) is 22.2. The first-order valence-corrected chi connectivity index (χ1v) is 12.0. The molecule has 0 aliphatic carbocycles. The maximum atomic E-state index is 12.9. The van der Waals surface area contributed by atoms with Crippen LogP contribution < -0.4 is 19.5 Å². The fourth-order valence-corrected chi connectivity index (χ4v) is 5.34. The molecule has 1 aliphatic heterocycles. The fraction of sp³-hybridized carbons (Fsp3) is 0.320. The van der Waals surface area contributed by atoms with E-state index in [0.29, 0.717) is 35.5 Å². The minimum Gasteiger partial charge on any atom is -0.497 e. The monoisotopic (exact) mass is 478 g/mol. The van der Waals surface area contributed by atoms with Gasteiger partial charge in [0.15, 0.2) is 11.5 Å². The number of carbonyl (C=O) groups is 1. The van der Waals surface area contributed by atoms with E-state index in [1.807, 2.05) is 43.3 Å². The molecule has 1 amide bonds. The molecule has 1 unspecified atom stereocenters. The van der Waals surface area contributed by atoms with Gasteiger partial charge in [-0.05, 0) is 37.6 Å². The number of thiazole rings is 1. The largest absolute Gasteiger partial charge is 0.497 e. The molecule has 3 heterocycles. The predicted octanol–water partition coefficient (Wildman–Crippen LogP) is 5.07. The lowest BCUT2D eigenvalue weighted by atomic mass is 9.85. The van der Waals surface area contributed by atoms with Gasteiger partial charge in [0.25, 0.3) is 0 Å². The Kier molecular flexibility index (Phi) is 5.87. The normalized spacial score (nSPS) is 15.2. The van der Waals surface area contributed by atoms with Crippen molar-refractivity contribution in [3.63, 3.8) is 0 Å². The number of hydrogen-bond acceptors (Lipinski definition) is 7. The third-order valence-corrected chi connectivity index (χ3v) is 6.92. The summed E-state index contributed by atoms with van der Waals surface area (Å²) in [5.74, 6) is 2.46. The standard InChI is InChI=1S/C25H26N4O4S/c1-5-11-33-23-16(7-6-8-19(23)32-4)17-13-21(30)27-24-22(17)14(2)28-29(24)25-26-18-10-9-15(31-3)12-20(18)34-25/h6-10,12,17H,5,11,13H2,1-4H3,(H,27,30). The fourth-order valence-electron chi connectivity index (χ4n) is 4.39. The molecule has 5 rings (SSSR count). The lowest BCUT2D eigenvalue weighted by molar-refractivity contribution is -0.116. The van der Waals surface area contributed by atoms with Crippen LogP contribution in [0.5, 0.6) is 17.2 Å². The summed E-state index contributed by atoms with van der Waals surface area (Å²) in [6.45, 7) is 4.58. The van der Waals surface area contributed by atoms with Crippen LogP contribution in [0.25, 0.3) is 15.3 Å². The average molecular weight is 479 g/mol. The molecule has 0 bridgehead atoms. The van der Waals surface area contributed by atoms with Crippen molar-refractivity contribution in [3.05, 3.63) is 53.2 Å². The van der Waals surface area contributed by atoms with Gasteiger partial charge in [-0.1, -0.05) is 30.4 Å². The molecule has 4 aromatic rings. The predicted molar refractivity (Wildman–Crippen MR) is 132 cm³/mol. The smallest absolute Gasteiger partial charge is 0.226 e. The second-order valence-corrected chi connectivity index (χ2v) is 9.13. The van der Waals surface area contributed by atoms with Gasteiger partial charge in [-0.3, -0.25) is 4.79 Å². The first-order valence-electron chi connectivity index (χ1n) is 11.2. The summed E-state index contributed by atoms with van der Waals surface area (Å²) < 4.78 is 19.7. The van der Waals surface area contributed by atoms with Crippen LogP contribution in [0.4, 0.5) is 5.82 Å². The zero-order valence-corrected chi connectivity index (χ0v) is 20.4. The summed E-state index contributed by atoms with van der Waals surface area (Å²) in [5.41, 5.74) is 3.57. The number of nitrogens with zero attached hydrogens (tertiary/aromatic N) is 3. The zero-order chi connectivity index (χ0) is 23.8. The van der Waals surface area contributed by atoms with E-state index in [2.05, 4.69) is 12.2 Å². The van der Waals surface area contributed by atoms with E-state index >= 15 is 0 Å². The highest BCUT2D eigenvalue weighted by Crippen LogP contribution is 2.46. The van der Waals surface area contributed by atoms with Crippen molar-refractivity contribution < 1.29 is 19.0 Å². The van der Waals surface area contributed by atoms with Crippen molar-refractivity contribution in [3.8, 4) is 22.4 Å². The second kappa shape index (κ2) is 8.98.